The lowest BCUT2D eigenvalue weighted by atomic mass is 10.1. The van der Waals surface area contributed by atoms with E-state index in [1.54, 1.807) is 0 Å². The van der Waals surface area contributed by atoms with Crippen molar-refractivity contribution >= 4 is 21.8 Å². The Morgan fingerprint density at radius 3 is 2.82 bits per heavy atom. The molecule has 3 N–H and O–H groups in total. The smallest absolute Gasteiger partial charge is 0.238 e. The van der Waals surface area contributed by atoms with E-state index in [2.05, 4.69) is 27.2 Å². The fourth-order valence-electron chi connectivity index (χ4n) is 1.44. The Morgan fingerprint density at radius 2 is 2.24 bits per heavy atom. The van der Waals surface area contributed by atoms with E-state index in [1.807, 2.05) is 31.2 Å². The van der Waals surface area contributed by atoms with E-state index in [-0.39, 0.29) is 18.4 Å². The quantitative estimate of drug-likeness (QED) is 0.835. The van der Waals surface area contributed by atoms with Crippen molar-refractivity contribution in [3.05, 3.63) is 34.3 Å². The van der Waals surface area contributed by atoms with E-state index in [4.69, 9.17) is 12.2 Å². The van der Waals surface area contributed by atoms with E-state index in [9.17, 15) is 4.79 Å². The average molecular weight is 295 g/mol. The molecule has 1 unspecified atom stereocenters. The fraction of sp³-hybridized carbons (Fsp3) is 0.308. The van der Waals surface area contributed by atoms with E-state index >= 15 is 0 Å². The summed E-state index contributed by atoms with van der Waals surface area (Å²) in [4.78, 5) is 11.7. The van der Waals surface area contributed by atoms with Crippen molar-refractivity contribution in [1.82, 2.24) is 5.32 Å². The number of terminal acetylenes is 1. The van der Waals surface area contributed by atoms with Gasteiger partial charge in [0.15, 0.2) is 0 Å². The number of benzene rings is 1. The minimum absolute atomic E-state index is 0.109. The van der Waals surface area contributed by atoms with Crippen LogP contribution in [0.2, 0.25) is 0 Å². The second-order valence-corrected chi connectivity index (χ2v) is 4.62. The minimum Gasteiger partial charge on any atom is -0.348 e. The molecule has 0 saturated heterocycles. The van der Waals surface area contributed by atoms with Gasteiger partial charge >= 0.3 is 0 Å². The van der Waals surface area contributed by atoms with Crippen molar-refractivity contribution in [3.63, 3.8) is 0 Å². The number of carbonyl (C=O) groups is 1. The maximum atomic E-state index is 11.7. The van der Waals surface area contributed by atoms with Crippen LogP contribution < -0.4 is 11.1 Å². The zero-order valence-electron chi connectivity index (χ0n) is 9.61. The Balaban J connectivity index is 2.67. The Kier molecular flexibility index (Phi) is 5.20. The van der Waals surface area contributed by atoms with Gasteiger partial charge in [0.1, 0.15) is 0 Å². The van der Waals surface area contributed by atoms with Crippen LogP contribution in [0.3, 0.4) is 0 Å². The van der Waals surface area contributed by atoms with Gasteiger partial charge in [-0.25, -0.2) is 0 Å². The molecule has 0 aromatic heterocycles. The van der Waals surface area contributed by atoms with Crippen LogP contribution in [0, 0.1) is 12.3 Å². The van der Waals surface area contributed by atoms with Gasteiger partial charge in [0.2, 0.25) is 5.91 Å². The molecule has 0 radical (unpaired) electrons. The Morgan fingerprint density at radius 1 is 1.59 bits per heavy atom. The lowest BCUT2D eigenvalue weighted by Gasteiger charge is -2.17. The molecule has 1 aromatic carbocycles. The minimum atomic E-state index is -0.648. The number of nitrogens with one attached hydrogen (secondary N) is 1. The highest BCUT2D eigenvalue weighted by atomic mass is 79.9. The van der Waals surface area contributed by atoms with Crippen LogP contribution in [0.1, 0.15) is 24.9 Å². The van der Waals surface area contributed by atoms with Gasteiger partial charge in [-0.15, -0.1) is 12.3 Å². The van der Waals surface area contributed by atoms with Gasteiger partial charge in [-0.3, -0.25) is 4.79 Å². The summed E-state index contributed by atoms with van der Waals surface area (Å²) in [5, 5.41) is 2.83. The van der Waals surface area contributed by atoms with Gasteiger partial charge in [-0.1, -0.05) is 34.1 Å². The highest BCUT2D eigenvalue weighted by molar-refractivity contribution is 9.10. The van der Waals surface area contributed by atoms with Crippen LogP contribution in [-0.4, -0.2) is 11.9 Å². The number of amides is 1. The van der Waals surface area contributed by atoms with Gasteiger partial charge in [0.25, 0.3) is 0 Å². The maximum Gasteiger partial charge on any atom is 0.238 e. The molecule has 0 saturated carbocycles. The molecule has 4 heteroatoms. The van der Waals surface area contributed by atoms with Crippen LogP contribution in [0.5, 0.6) is 0 Å². The molecule has 0 spiro atoms. The van der Waals surface area contributed by atoms with Gasteiger partial charge in [0.05, 0.1) is 12.1 Å². The summed E-state index contributed by atoms with van der Waals surface area (Å²) in [6.07, 6.45) is 5.36. The topological polar surface area (TPSA) is 55.1 Å². The van der Waals surface area contributed by atoms with Crippen molar-refractivity contribution in [3.8, 4) is 12.3 Å². The van der Waals surface area contributed by atoms with Crippen LogP contribution >= 0.6 is 15.9 Å². The third kappa shape index (κ3) is 3.88. The molecule has 90 valence electrons. The number of hydrogen-bond acceptors (Lipinski definition) is 2. The van der Waals surface area contributed by atoms with Gasteiger partial charge in [0, 0.05) is 10.9 Å². The Hall–Kier alpha value is -1.31. The molecule has 0 bridgehead atoms. The highest BCUT2D eigenvalue weighted by Crippen LogP contribution is 2.22. The Labute approximate surface area is 110 Å². The molecule has 2 atom stereocenters. The third-order valence-electron chi connectivity index (χ3n) is 2.41. The summed E-state index contributed by atoms with van der Waals surface area (Å²) < 4.78 is 0.957. The fourth-order valence-corrected chi connectivity index (χ4v) is 2.07. The van der Waals surface area contributed by atoms with E-state index in [1.165, 1.54) is 0 Å². The standard InChI is InChI=1S/C13H15BrN2O/c1-3-6-12(15)13(17)16-9(2)10-7-4-5-8-11(10)14/h1,4-5,7-9,12H,6,15H2,2H3,(H,16,17)/t9-,12?/m0/s1. The summed E-state index contributed by atoms with van der Waals surface area (Å²) in [5.41, 5.74) is 6.63. The Bertz CT molecular complexity index is 439. The molecule has 0 heterocycles. The summed E-state index contributed by atoms with van der Waals surface area (Å²) in [5.74, 6) is 2.15. The van der Waals surface area contributed by atoms with Crippen LogP contribution in [0.4, 0.5) is 0 Å². The summed E-state index contributed by atoms with van der Waals surface area (Å²) in [7, 11) is 0. The van der Waals surface area contributed by atoms with Crippen molar-refractivity contribution in [2.45, 2.75) is 25.4 Å². The summed E-state index contributed by atoms with van der Waals surface area (Å²) in [6.45, 7) is 1.90. The van der Waals surface area contributed by atoms with Gasteiger partial charge in [-0.05, 0) is 18.6 Å². The maximum absolute atomic E-state index is 11.7. The first-order valence-electron chi connectivity index (χ1n) is 5.30. The normalized spacial score (nSPS) is 13.5. The first-order chi connectivity index (χ1) is 8.06. The zero-order chi connectivity index (χ0) is 12.8. The van der Waals surface area contributed by atoms with Crippen LogP contribution in [0.15, 0.2) is 28.7 Å². The molecule has 0 aliphatic rings. The van der Waals surface area contributed by atoms with Crippen molar-refractivity contribution in [1.29, 1.82) is 0 Å². The first kappa shape index (κ1) is 13.8. The predicted molar refractivity (Wildman–Crippen MR) is 72.1 cm³/mol. The summed E-state index contributed by atoms with van der Waals surface area (Å²) in [6, 6.07) is 6.96. The second-order valence-electron chi connectivity index (χ2n) is 3.77. The van der Waals surface area contributed by atoms with Crippen molar-refractivity contribution in [2.75, 3.05) is 0 Å². The molecule has 3 nitrogen and oxygen atoms in total. The number of halogens is 1. The largest absolute Gasteiger partial charge is 0.348 e. The predicted octanol–water partition coefficient (Wildman–Crippen LogP) is 1.98. The number of rotatable bonds is 4. The van der Waals surface area contributed by atoms with E-state index in [0.717, 1.165) is 10.0 Å². The molecular formula is C13H15BrN2O. The number of carbonyl (C=O) groups excluding carboxylic acids is 1. The molecule has 0 fully saturated rings. The molecule has 17 heavy (non-hydrogen) atoms. The van der Waals surface area contributed by atoms with E-state index in [0.29, 0.717) is 0 Å². The van der Waals surface area contributed by atoms with Gasteiger partial charge in [-0.2, -0.15) is 0 Å². The van der Waals surface area contributed by atoms with Gasteiger partial charge < -0.3 is 11.1 Å². The molecule has 1 rings (SSSR count). The molecule has 1 amide bonds. The molecule has 0 aliphatic carbocycles. The first-order valence-corrected chi connectivity index (χ1v) is 6.09. The highest BCUT2D eigenvalue weighted by Gasteiger charge is 2.16. The molecule has 0 aliphatic heterocycles. The third-order valence-corrected chi connectivity index (χ3v) is 3.13. The number of hydrogen-bond donors (Lipinski definition) is 2. The lowest BCUT2D eigenvalue weighted by molar-refractivity contribution is -0.122. The summed E-state index contributed by atoms with van der Waals surface area (Å²) >= 11 is 3.44. The average Bonchev–Trinajstić information content (AvgIpc) is 2.29. The number of nitrogens with two attached hydrogens (primary N) is 1. The van der Waals surface area contributed by atoms with Crippen LogP contribution in [0.25, 0.3) is 0 Å². The second kappa shape index (κ2) is 6.43. The van der Waals surface area contributed by atoms with Crippen LogP contribution in [-0.2, 0) is 4.79 Å². The monoisotopic (exact) mass is 294 g/mol. The lowest BCUT2D eigenvalue weighted by Crippen LogP contribution is -2.41. The SMILES string of the molecule is C#CCC(N)C(=O)N[C@@H](C)c1ccccc1Br. The molecule has 1 aromatic rings. The van der Waals surface area contributed by atoms with Crippen molar-refractivity contribution < 1.29 is 4.79 Å². The zero-order valence-corrected chi connectivity index (χ0v) is 11.2. The van der Waals surface area contributed by atoms with E-state index < -0.39 is 6.04 Å². The van der Waals surface area contributed by atoms with Crippen molar-refractivity contribution in [2.24, 2.45) is 5.73 Å². The molecular weight excluding hydrogens is 280 g/mol.